The van der Waals surface area contributed by atoms with Crippen molar-refractivity contribution in [3.05, 3.63) is 59.2 Å². The molecule has 2 aromatic carbocycles. The Morgan fingerprint density at radius 1 is 1.17 bits per heavy atom. The van der Waals surface area contributed by atoms with E-state index in [1.807, 2.05) is 18.2 Å². The Morgan fingerprint density at radius 2 is 1.89 bits per heavy atom. The molecule has 2 aromatic rings. The van der Waals surface area contributed by atoms with Crippen molar-refractivity contribution in [2.24, 2.45) is 5.73 Å². The molecule has 0 heterocycles. The number of nitriles is 1. The maximum atomic E-state index is 9.16. The third kappa shape index (κ3) is 2.92. The summed E-state index contributed by atoms with van der Waals surface area (Å²) in [4.78, 5) is 2.11. The van der Waals surface area contributed by atoms with Gasteiger partial charge in [-0.1, -0.05) is 35.5 Å². The zero-order valence-electron chi connectivity index (χ0n) is 10.2. The standard InChI is InChI=1S/C15H14N2S/c1-11-2-5-14(6-3-11)18-15-7-4-12(9-16)8-13(15)10-17/h2-8H,9,16H2,1H3. The van der Waals surface area contributed by atoms with Crippen molar-refractivity contribution in [1.82, 2.24) is 0 Å². The van der Waals surface area contributed by atoms with Gasteiger partial charge >= 0.3 is 0 Å². The first-order valence-electron chi connectivity index (χ1n) is 5.70. The molecule has 2 nitrogen and oxygen atoms in total. The van der Waals surface area contributed by atoms with E-state index in [9.17, 15) is 0 Å². The van der Waals surface area contributed by atoms with Gasteiger partial charge in [0, 0.05) is 16.3 Å². The summed E-state index contributed by atoms with van der Waals surface area (Å²) in [6.07, 6.45) is 0. The molecule has 90 valence electrons. The minimum Gasteiger partial charge on any atom is -0.326 e. The first-order chi connectivity index (χ1) is 8.72. The Morgan fingerprint density at radius 3 is 2.50 bits per heavy atom. The molecule has 2 N–H and O–H groups in total. The Balaban J connectivity index is 2.29. The van der Waals surface area contributed by atoms with Gasteiger partial charge in [-0.15, -0.1) is 0 Å². The van der Waals surface area contributed by atoms with E-state index in [2.05, 4.69) is 37.3 Å². The highest BCUT2D eigenvalue weighted by molar-refractivity contribution is 7.99. The van der Waals surface area contributed by atoms with Gasteiger partial charge in [0.25, 0.3) is 0 Å². The van der Waals surface area contributed by atoms with Crippen LogP contribution in [0.25, 0.3) is 0 Å². The van der Waals surface area contributed by atoms with Crippen molar-refractivity contribution in [3.63, 3.8) is 0 Å². The first kappa shape index (κ1) is 12.7. The van der Waals surface area contributed by atoms with Crippen molar-refractivity contribution in [2.75, 3.05) is 0 Å². The fourth-order valence-corrected chi connectivity index (χ4v) is 2.49. The van der Waals surface area contributed by atoms with Crippen molar-refractivity contribution < 1.29 is 0 Å². The number of nitrogens with zero attached hydrogens (tertiary/aromatic N) is 1. The smallest absolute Gasteiger partial charge is 0.100 e. The molecule has 0 atom stereocenters. The molecule has 3 heteroatoms. The molecule has 18 heavy (non-hydrogen) atoms. The van der Waals surface area contributed by atoms with Gasteiger partial charge in [0.2, 0.25) is 0 Å². The predicted molar refractivity (Wildman–Crippen MR) is 74.4 cm³/mol. The van der Waals surface area contributed by atoms with Crippen LogP contribution in [0.1, 0.15) is 16.7 Å². The Bertz CT molecular complexity index is 582. The van der Waals surface area contributed by atoms with E-state index >= 15 is 0 Å². The number of benzene rings is 2. The summed E-state index contributed by atoms with van der Waals surface area (Å²) >= 11 is 1.60. The summed E-state index contributed by atoms with van der Waals surface area (Å²) in [5.41, 5.74) is 8.48. The van der Waals surface area contributed by atoms with Crippen molar-refractivity contribution >= 4 is 11.8 Å². The van der Waals surface area contributed by atoms with Gasteiger partial charge in [-0.25, -0.2) is 0 Å². The summed E-state index contributed by atoms with van der Waals surface area (Å²) in [6.45, 7) is 2.52. The summed E-state index contributed by atoms with van der Waals surface area (Å²) in [5.74, 6) is 0. The molecule has 0 saturated heterocycles. The van der Waals surface area contributed by atoms with Gasteiger partial charge in [-0.2, -0.15) is 5.26 Å². The lowest BCUT2D eigenvalue weighted by atomic mass is 10.1. The van der Waals surface area contributed by atoms with Crippen LogP contribution in [0.5, 0.6) is 0 Å². The molecular weight excluding hydrogens is 240 g/mol. The molecule has 2 rings (SSSR count). The fraction of sp³-hybridized carbons (Fsp3) is 0.133. The lowest BCUT2D eigenvalue weighted by Crippen LogP contribution is -1.96. The monoisotopic (exact) mass is 254 g/mol. The van der Waals surface area contributed by atoms with Gasteiger partial charge in [0.05, 0.1) is 5.56 Å². The highest BCUT2D eigenvalue weighted by Crippen LogP contribution is 2.30. The average Bonchev–Trinajstić information content (AvgIpc) is 2.41. The number of hydrogen-bond donors (Lipinski definition) is 1. The number of aryl methyl sites for hydroxylation is 1. The zero-order chi connectivity index (χ0) is 13.0. The van der Waals surface area contributed by atoms with Gasteiger partial charge in [-0.05, 0) is 36.8 Å². The maximum absolute atomic E-state index is 9.16. The number of hydrogen-bond acceptors (Lipinski definition) is 3. The van der Waals surface area contributed by atoms with Crippen LogP contribution in [0.15, 0.2) is 52.3 Å². The minimum absolute atomic E-state index is 0.462. The molecule has 0 bridgehead atoms. The molecular formula is C15H14N2S. The molecule has 0 radical (unpaired) electrons. The largest absolute Gasteiger partial charge is 0.326 e. The number of rotatable bonds is 3. The van der Waals surface area contributed by atoms with E-state index in [1.54, 1.807) is 11.8 Å². The second-order valence-corrected chi connectivity index (χ2v) is 5.18. The van der Waals surface area contributed by atoms with Crippen LogP contribution >= 0.6 is 11.8 Å². The van der Waals surface area contributed by atoms with Gasteiger partial charge in [0.15, 0.2) is 0 Å². The van der Waals surface area contributed by atoms with Crippen molar-refractivity contribution in [2.45, 2.75) is 23.3 Å². The molecule has 0 aliphatic heterocycles. The predicted octanol–water partition coefficient (Wildman–Crippen LogP) is 3.48. The Hall–Kier alpha value is -1.76. The maximum Gasteiger partial charge on any atom is 0.100 e. The van der Waals surface area contributed by atoms with E-state index in [-0.39, 0.29) is 0 Å². The normalized spacial score (nSPS) is 10.1. The second kappa shape index (κ2) is 5.72. The molecule has 0 aliphatic carbocycles. The lowest BCUT2D eigenvalue weighted by Gasteiger charge is -2.06. The summed E-state index contributed by atoms with van der Waals surface area (Å²) in [6, 6.07) is 16.3. The molecule has 0 saturated carbocycles. The van der Waals surface area contributed by atoms with Crippen molar-refractivity contribution in [1.29, 1.82) is 5.26 Å². The summed E-state index contributed by atoms with van der Waals surface area (Å²) < 4.78 is 0. The number of nitrogens with two attached hydrogens (primary N) is 1. The van der Waals surface area contributed by atoms with Crippen LogP contribution in [0.2, 0.25) is 0 Å². The van der Waals surface area contributed by atoms with E-state index < -0.39 is 0 Å². The van der Waals surface area contributed by atoms with E-state index in [4.69, 9.17) is 11.0 Å². The topological polar surface area (TPSA) is 49.8 Å². The van der Waals surface area contributed by atoms with Crippen molar-refractivity contribution in [3.8, 4) is 6.07 Å². The van der Waals surface area contributed by atoms with Gasteiger partial charge in [0.1, 0.15) is 6.07 Å². The summed E-state index contributed by atoms with van der Waals surface area (Å²) in [7, 11) is 0. The molecule has 0 aliphatic rings. The molecule has 0 unspecified atom stereocenters. The highest BCUT2D eigenvalue weighted by atomic mass is 32.2. The molecule has 0 aromatic heterocycles. The van der Waals surface area contributed by atoms with Crippen LogP contribution in [0.4, 0.5) is 0 Å². The van der Waals surface area contributed by atoms with E-state index in [0.29, 0.717) is 12.1 Å². The fourth-order valence-electron chi connectivity index (χ4n) is 1.61. The first-order valence-corrected chi connectivity index (χ1v) is 6.52. The van der Waals surface area contributed by atoms with Crippen LogP contribution in [0, 0.1) is 18.3 Å². The summed E-state index contributed by atoms with van der Waals surface area (Å²) in [5, 5.41) is 9.16. The van der Waals surface area contributed by atoms with Gasteiger partial charge in [-0.3, -0.25) is 0 Å². The average molecular weight is 254 g/mol. The second-order valence-electron chi connectivity index (χ2n) is 4.06. The van der Waals surface area contributed by atoms with Crippen LogP contribution in [-0.4, -0.2) is 0 Å². The molecule has 0 amide bonds. The van der Waals surface area contributed by atoms with E-state index in [1.165, 1.54) is 5.56 Å². The Kier molecular flexibility index (Phi) is 4.03. The van der Waals surface area contributed by atoms with Gasteiger partial charge < -0.3 is 5.73 Å². The molecule has 0 fully saturated rings. The minimum atomic E-state index is 0.462. The molecule has 0 spiro atoms. The van der Waals surface area contributed by atoms with Crippen LogP contribution < -0.4 is 5.73 Å². The third-order valence-corrected chi connectivity index (χ3v) is 3.73. The third-order valence-electron chi connectivity index (χ3n) is 2.65. The Labute approximate surface area is 111 Å². The van der Waals surface area contributed by atoms with Crippen LogP contribution in [-0.2, 0) is 6.54 Å². The lowest BCUT2D eigenvalue weighted by molar-refractivity contribution is 1.06. The zero-order valence-corrected chi connectivity index (χ0v) is 11.0. The highest BCUT2D eigenvalue weighted by Gasteiger charge is 2.05. The SMILES string of the molecule is Cc1ccc(Sc2ccc(CN)cc2C#N)cc1. The van der Waals surface area contributed by atoms with E-state index in [0.717, 1.165) is 15.4 Å². The quantitative estimate of drug-likeness (QED) is 0.912. The van der Waals surface area contributed by atoms with Crippen LogP contribution in [0.3, 0.4) is 0 Å².